The Morgan fingerprint density at radius 1 is 0.844 bits per heavy atom. The van der Waals surface area contributed by atoms with E-state index in [4.69, 9.17) is 0 Å². The van der Waals surface area contributed by atoms with Gasteiger partial charge in [-0.3, -0.25) is 0 Å². The van der Waals surface area contributed by atoms with Gasteiger partial charge in [-0.15, -0.1) is 9.19 Å². The molecule has 0 atom stereocenters. The van der Waals surface area contributed by atoms with Gasteiger partial charge in [-0.1, -0.05) is 78.9 Å². The van der Waals surface area contributed by atoms with E-state index in [0.717, 1.165) is 16.0 Å². The van der Waals surface area contributed by atoms with E-state index in [2.05, 4.69) is 10.3 Å². The van der Waals surface area contributed by atoms with Crippen LogP contribution in [0.25, 0.3) is 0 Å². The lowest BCUT2D eigenvalue weighted by Gasteiger charge is -2.26. The van der Waals surface area contributed by atoms with Crippen molar-refractivity contribution in [2.45, 2.75) is 6.92 Å². The van der Waals surface area contributed by atoms with Crippen LogP contribution in [0.1, 0.15) is 6.92 Å². The molecule has 4 aromatic rings. The molecule has 0 aliphatic rings. The highest BCUT2D eigenvalue weighted by Crippen LogP contribution is 2.45. The third-order valence-corrected chi connectivity index (χ3v) is 8.90. The average Bonchev–Trinajstić information content (AvgIpc) is 3.27. The molecule has 32 heavy (non-hydrogen) atoms. The first kappa shape index (κ1) is 22.0. The van der Waals surface area contributed by atoms with Gasteiger partial charge in [0.05, 0.1) is 6.26 Å². The molecule has 7 nitrogen and oxygen atoms in total. The Labute approximate surface area is 187 Å². The SMILES string of the molecule is CCN(c1ccccc1)c1c(P(=O)(c2ccccc2)c2ccccc2)nnn1S(C)(=O)=O. The molecule has 3 aromatic carbocycles. The van der Waals surface area contributed by atoms with E-state index in [1.54, 1.807) is 53.4 Å². The lowest BCUT2D eigenvalue weighted by molar-refractivity contribution is 0.583. The number of benzene rings is 3. The number of anilines is 2. The summed E-state index contributed by atoms with van der Waals surface area (Å²) in [7, 11) is -7.37. The molecule has 4 rings (SSSR count). The van der Waals surface area contributed by atoms with Crippen LogP contribution in [0.3, 0.4) is 0 Å². The van der Waals surface area contributed by atoms with Crippen LogP contribution in [0.5, 0.6) is 0 Å². The summed E-state index contributed by atoms with van der Waals surface area (Å²) >= 11 is 0. The van der Waals surface area contributed by atoms with Gasteiger partial charge in [0.1, 0.15) is 0 Å². The van der Waals surface area contributed by atoms with Crippen LogP contribution >= 0.6 is 7.14 Å². The van der Waals surface area contributed by atoms with Crippen LogP contribution in [0.2, 0.25) is 0 Å². The average molecular weight is 467 g/mol. The molecule has 0 spiro atoms. The van der Waals surface area contributed by atoms with E-state index in [9.17, 15) is 13.0 Å². The van der Waals surface area contributed by atoms with Crippen molar-refractivity contribution in [2.75, 3.05) is 17.7 Å². The third kappa shape index (κ3) is 3.87. The van der Waals surface area contributed by atoms with Crippen molar-refractivity contribution in [3.63, 3.8) is 0 Å². The van der Waals surface area contributed by atoms with Crippen molar-refractivity contribution in [2.24, 2.45) is 0 Å². The highest BCUT2D eigenvalue weighted by atomic mass is 32.2. The Morgan fingerprint density at radius 2 is 1.31 bits per heavy atom. The predicted molar refractivity (Wildman–Crippen MR) is 129 cm³/mol. The molecule has 164 valence electrons. The van der Waals surface area contributed by atoms with Gasteiger partial charge in [-0.25, -0.2) is 8.42 Å². The van der Waals surface area contributed by atoms with Gasteiger partial charge in [-0.2, -0.15) is 0 Å². The highest BCUT2D eigenvalue weighted by molar-refractivity contribution is 7.89. The summed E-state index contributed by atoms with van der Waals surface area (Å²) < 4.78 is 41.1. The number of hydrogen-bond acceptors (Lipinski definition) is 6. The minimum absolute atomic E-state index is 0.131. The number of para-hydroxylation sites is 1. The fraction of sp³-hybridized carbons (Fsp3) is 0.130. The summed E-state index contributed by atoms with van der Waals surface area (Å²) in [4.78, 5) is 1.77. The molecule has 0 saturated heterocycles. The van der Waals surface area contributed by atoms with Crippen LogP contribution in [0, 0.1) is 0 Å². The van der Waals surface area contributed by atoms with Crippen molar-refractivity contribution in [1.29, 1.82) is 0 Å². The zero-order chi connectivity index (χ0) is 22.8. The molecule has 0 bridgehead atoms. The summed E-state index contributed by atoms with van der Waals surface area (Å²) in [5, 5.41) is 9.30. The van der Waals surface area contributed by atoms with Crippen LogP contribution in [0.4, 0.5) is 11.5 Å². The van der Waals surface area contributed by atoms with Crippen molar-refractivity contribution in [3.05, 3.63) is 91.0 Å². The van der Waals surface area contributed by atoms with Gasteiger partial charge in [0.2, 0.25) is 0 Å². The van der Waals surface area contributed by atoms with Crippen LogP contribution in [-0.4, -0.2) is 35.6 Å². The van der Waals surface area contributed by atoms with Crippen molar-refractivity contribution in [3.8, 4) is 0 Å². The number of hydrogen-bond donors (Lipinski definition) is 0. The second-order valence-corrected chi connectivity index (χ2v) is 11.7. The molecular formula is C23H23N4O3PS. The van der Waals surface area contributed by atoms with Gasteiger partial charge in [0.25, 0.3) is 10.0 Å². The summed E-state index contributed by atoms with van der Waals surface area (Å²) in [6, 6.07) is 27.3. The van der Waals surface area contributed by atoms with E-state index in [1.165, 1.54) is 0 Å². The summed E-state index contributed by atoms with van der Waals surface area (Å²) in [5.74, 6) is 0.178. The van der Waals surface area contributed by atoms with Gasteiger partial charge in [0, 0.05) is 22.8 Å². The molecule has 1 heterocycles. The summed E-state index contributed by atoms with van der Waals surface area (Å²) in [6.45, 7) is 2.32. The fourth-order valence-corrected chi connectivity index (χ4v) is 7.01. The lowest BCUT2D eigenvalue weighted by Crippen LogP contribution is -2.32. The standard InChI is InChI=1S/C23H23N4O3PS/c1-3-26(19-13-7-4-8-14-19)23-22(24-25-27(23)32(2,29)30)31(28,20-15-9-5-10-16-20)21-17-11-6-12-18-21/h4-18H,3H2,1-2H3. The second-order valence-electron chi connectivity index (χ2n) is 7.20. The second kappa shape index (κ2) is 8.73. The third-order valence-electron chi connectivity index (χ3n) is 5.09. The predicted octanol–water partition coefficient (Wildman–Crippen LogP) is 2.88. The zero-order valence-corrected chi connectivity index (χ0v) is 19.4. The smallest absolute Gasteiger partial charge is 0.254 e. The Kier molecular flexibility index (Phi) is 6.00. The highest BCUT2D eigenvalue weighted by Gasteiger charge is 2.39. The first-order valence-electron chi connectivity index (χ1n) is 10.1. The minimum Gasteiger partial charge on any atom is -0.324 e. The summed E-state index contributed by atoms with van der Waals surface area (Å²) in [5.41, 5.74) is 0.877. The van der Waals surface area contributed by atoms with E-state index < -0.39 is 17.2 Å². The molecular weight excluding hydrogens is 443 g/mol. The maximum atomic E-state index is 14.9. The van der Waals surface area contributed by atoms with Crippen LogP contribution in [-0.2, 0) is 14.6 Å². The molecule has 9 heteroatoms. The van der Waals surface area contributed by atoms with Crippen molar-refractivity contribution >= 4 is 44.7 Å². The van der Waals surface area contributed by atoms with Crippen molar-refractivity contribution in [1.82, 2.24) is 14.4 Å². The number of nitrogens with zero attached hydrogens (tertiary/aromatic N) is 4. The van der Waals surface area contributed by atoms with Crippen molar-refractivity contribution < 1.29 is 13.0 Å². The lowest BCUT2D eigenvalue weighted by atomic mass is 10.3. The molecule has 0 fully saturated rings. The normalized spacial score (nSPS) is 11.9. The van der Waals surface area contributed by atoms with E-state index >= 15 is 0 Å². The zero-order valence-electron chi connectivity index (χ0n) is 17.7. The Hall–Kier alpha value is -3.22. The number of aromatic nitrogens is 3. The Bertz CT molecular complexity index is 1310. The first-order valence-corrected chi connectivity index (χ1v) is 13.6. The van der Waals surface area contributed by atoms with Gasteiger partial charge < -0.3 is 9.46 Å². The number of rotatable bonds is 7. The Balaban J connectivity index is 2.08. The van der Waals surface area contributed by atoms with Gasteiger partial charge in [-0.05, 0) is 24.3 Å². The topological polar surface area (TPSA) is 85.2 Å². The molecule has 0 radical (unpaired) electrons. The monoisotopic (exact) mass is 466 g/mol. The van der Waals surface area contributed by atoms with Crippen LogP contribution in [0.15, 0.2) is 91.0 Å². The maximum Gasteiger partial charge on any atom is 0.254 e. The van der Waals surface area contributed by atoms with E-state index in [-0.39, 0.29) is 11.3 Å². The Morgan fingerprint density at radius 3 is 1.75 bits per heavy atom. The van der Waals surface area contributed by atoms with E-state index in [1.807, 2.05) is 49.4 Å². The van der Waals surface area contributed by atoms with Gasteiger partial charge in [0.15, 0.2) is 18.4 Å². The maximum absolute atomic E-state index is 14.9. The molecule has 1 aromatic heterocycles. The molecule has 0 aliphatic heterocycles. The molecule has 0 aliphatic carbocycles. The first-order chi connectivity index (χ1) is 15.4. The minimum atomic E-state index is -3.82. The van der Waals surface area contributed by atoms with Crippen LogP contribution < -0.4 is 20.9 Å². The fourth-order valence-electron chi connectivity index (χ4n) is 3.64. The molecule has 0 unspecified atom stereocenters. The van der Waals surface area contributed by atoms with Gasteiger partial charge >= 0.3 is 0 Å². The summed E-state index contributed by atoms with van der Waals surface area (Å²) in [6.07, 6.45) is 1.06. The molecule has 0 N–H and O–H groups in total. The molecule has 0 amide bonds. The largest absolute Gasteiger partial charge is 0.324 e. The molecule has 0 saturated carbocycles. The quantitative estimate of drug-likeness (QED) is 0.390. The van der Waals surface area contributed by atoms with E-state index in [0.29, 0.717) is 17.2 Å².